The van der Waals surface area contributed by atoms with Gasteiger partial charge in [-0.15, -0.1) is 0 Å². The molecule has 0 fully saturated rings. The van der Waals surface area contributed by atoms with Gasteiger partial charge in [0.2, 0.25) is 0 Å². The first-order valence-corrected chi connectivity index (χ1v) is 7.93. The summed E-state index contributed by atoms with van der Waals surface area (Å²) in [5, 5.41) is 4.57. The number of benzene rings is 2. The molecule has 2 aromatic rings. The van der Waals surface area contributed by atoms with Crippen LogP contribution in [0.1, 0.15) is 12.5 Å². The number of nitrogens with one attached hydrogen (secondary N) is 1. The molecule has 118 valence electrons. The maximum atomic E-state index is 6.15. The van der Waals surface area contributed by atoms with Crippen LogP contribution in [0.2, 0.25) is 10.0 Å². The summed E-state index contributed by atoms with van der Waals surface area (Å²) in [5.41, 5.74) is 1.85. The highest BCUT2D eigenvalue weighted by molar-refractivity contribution is 6.35. The monoisotopic (exact) mass is 339 g/mol. The zero-order valence-corrected chi connectivity index (χ0v) is 14.0. The minimum absolute atomic E-state index is 0.531. The van der Waals surface area contributed by atoms with E-state index in [4.69, 9.17) is 32.7 Å². The molecule has 22 heavy (non-hydrogen) atoms. The van der Waals surface area contributed by atoms with E-state index in [0.717, 1.165) is 17.0 Å². The first-order valence-electron chi connectivity index (χ1n) is 7.18. The fraction of sp³-hybridized carbons (Fsp3) is 0.294. The van der Waals surface area contributed by atoms with Gasteiger partial charge >= 0.3 is 0 Å². The fourth-order valence-electron chi connectivity index (χ4n) is 1.97. The van der Waals surface area contributed by atoms with Crippen LogP contribution in [-0.2, 0) is 11.3 Å². The third-order valence-electron chi connectivity index (χ3n) is 3.06. The zero-order valence-electron chi connectivity index (χ0n) is 12.4. The van der Waals surface area contributed by atoms with Gasteiger partial charge < -0.3 is 14.8 Å². The van der Waals surface area contributed by atoms with Crippen molar-refractivity contribution in [1.29, 1.82) is 0 Å². The number of hydrogen-bond donors (Lipinski definition) is 1. The molecule has 0 spiro atoms. The van der Waals surface area contributed by atoms with E-state index in [1.165, 1.54) is 0 Å². The molecule has 0 saturated carbocycles. The molecule has 5 heteroatoms. The van der Waals surface area contributed by atoms with Crippen LogP contribution in [0.3, 0.4) is 0 Å². The summed E-state index contributed by atoms with van der Waals surface area (Å²) < 4.78 is 11.0. The molecule has 0 atom stereocenters. The van der Waals surface area contributed by atoms with Crippen molar-refractivity contribution in [3.05, 3.63) is 58.1 Å². The summed E-state index contributed by atoms with van der Waals surface area (Å²) in [5.74, 6) is 0.841. The molecule has 2 rings (SSSR count). The molecule has 0 heterocycles. The van der Waals surface area contributed by atoms with Crippen LogP contribution >= 0.6 is 23.2 Å². The van der Waals surface area contributed by atoms with Crippen LogP contribution in [0.5, 0.6) is 5.75 Å². The highest BCUT2D eigenvalue weighted by atomic mass is 35.5. The van der Waals surface area contributed by atoms with Gasteiger partial charge in [-0.3, -0.25) is 0 Å². The van der Waals surface area contributed by atoms with Crippen molar-refractivity contribution >= 4 is 28.9 Å². The minimum atomic E-state index is 0.531. The first-order chi connectivity index (χ1) is 10.7. The Morgan fingerprint density at radius 1 is 1.05 bits per heavy atom. The minimum Gasteiger partial charge on any atom is -0.491 e. The van der Waals surface area contributed by atoms with Crippen LogP contribution in [0.4, 0.5) is 5.69 Å². The normalized spacial score (nSPS) is 10.5. The molecule has 0 saturated heterocycles. The number of ether oxygens (including phenoxy) is 2. The van der Waals surface area contributed by atoms with Crippen molar-refractivity contribution < 1.29 is 9.47 Å². The Hall–Kier alpha value is -1.42. The third kappa shape index (κ3) is 5.09. The average molecular weight is 340 g/mol. The smallest absolute Gasteiger partial charge is 0.124 e. The lowest BCUT2D eigenvalue weighted by molar-refractivity contribution is 0.110. The Bertz CT molecular complexity index is 605. The quantitative estimate of drug-likeness (QED) is 0.685. The second-order valence-electron chi connectivity index (χ2n) is 4.63. The van der Waals surface area contributed by atoms with Crippen LogP contribution in [-0.4, -0.2) is 19.8 Å². The van der Waals surface area contributed by atoms with Crippen molar-refractivity contribution in [1.82, 2.24) is 0 Å². The maximum Gasteiger partial charge on any atom is 0.124 e. The predicted molar refractivity (Wildman–Crippen MR) is 92.2 cm³/mol. The average Bonchev–Trinajstić information content (AvgIpc) is 2.53. The molecule has 0 amide bonds. The molecule has 1 N–H and O–H groups in total. The summed E-state index contributed by atoms with van der Waals surface area (Å²) in [6.07, 6.45) is 0. The Kier molecular flexibility index (Phi) is 6.84. The molecular formula is C17H19Cl2NO2. The molecule has 0 aromatic heterocycles. The molecule has 0 aliphatic rings. The molecule has 0 bridgehead atoms. The lowest BCUT2D eigenvalue weighted by Gasteiger charge is -2.13. The molecule has 3 nitrogen and oxygen atoms in total. The summed E-state index contributed by atoms with van der Waals surface area (Å²) in [4.78, 5) is 0. The third-order valence-corrected chi connectivity index (χ3v) is 3.62. The number of halogens is 2. The SMILES string of the molecule is CCOCCOc1ccccc1CNc1cc(Cl)ccc1Cl. The van der Waals surface area contributed by atoms with E-state index in [1.807, 2.05) is 37.3 Å². The van der Waals surface area contributed by atoms with Gasteiger partial charge in [0.1, 0.15) is 12.4 Å². The van der Waals surface area contributed by atoms with Crippen LogP contribution in [0.25, 0.3) is 0 Å². The van der Waals surface area contributed by atoms with Gasteiger partial charge in [0.05, 0.1) is 17.3 Å². The molecule has 0 unspecified atom stereocenters. The number of hydrogen-bond acceptors (Lipinski definition) is 3. The molecule has 0 aliphatic heterocycles. The second kappa shape index (κ2) is 8.89. The fourth-order valence-corrected chi connectivity index (χ4v) is 2.33. The predicted octanol–water partition coefficient (Wildman–Crippen LogP) is 5.02. The van der Waals surface area contributed by atoms with Gasteiger partial charge in [0, 0.05) is 23.7 Å². The van der Waals surface area contributed by atoms with Gasteiger partial charge in [0.15, 0.2) is 0 Å². The van der Waals surface area contributed by atoms with Crippen molar-refractivity contribution in [2.45, 2.75) is 13.5 Å². The van der Waals surface area contributed by atoms with Crippen molar-refractivity contribution in [3.8, 4) is 5.75 Å². The summed E-state index contributed by atoms with van der Waals surface area (Å²) in [6, 6.07) is 13.2. The second-order valence-corrected chi connectivity index (χ2v) is 5.47. The Balaban J connectivity index is 1.98. The Morgan fingerprint density at radius 2 is 1.86 bits per heavy atom. The van der Waals surface area contributed by atoms with E-state index in [2.05, 4.69) is 5.32 Å². The molecule has 0 aliphatic carbocycles. The lowest BCUT2D eigenvalue weighted by Crippen LogP contribution is -2.09. The van der Waals surface area contributed by atoms with E-state index < -0.39 is 0 Å². The number of para-hydroxylation sites is 1. The lowest BCUT2D eigenvalue weighted by atomic mass is 10.2. The van der Waals surface area contributed by atoms with Crippen molar-refractivity contribution in [3.63, 3.8) is 0 Å². The number of anilines is 1. The Labute approximate surface area is 141 Å². The van der Waals surface area contributed by atoms with E-state index in [0.29, 0.717) is 36.4 Å². The van der Waals surface area contributed by atoms with E-state index in [-0.39, 0.29) is 0 Å². The largest absolute Gasteiger partial charge is 0.491 e. The topological polar surface area (TPSA) is 30.5 Å². The van der Waals surface area contributed by atoms with Gasteiger partial charge in [0.25, 0.3) is 0 Å². The van der Waals surface area contributed by atoms with Gasteiger partial charge in [-0.05, 0) is 31.2 Å². The summed E-state index contributed by atoms with van der Waals surface area (Å²) >= 11 is 12.1. The summed E-state index contributed by atoms with van der Waals surface area (Å²) in [6.45, 7) is 4.37. The van der Waals surface area contributed by atoms with Gasteiger partial charge in [-0.1, -0.05) is 41.4 Å². The van der Waals surface area contributed by atoms with E-state index in [1.54, 1.807) is 12.1 Å². The van der Waals surface area contributed by atoms with Crippen molar-refractivity contribution in [2.75, 3.05) is 25.1 Å². The maximum absolute atomic E-state index is 6.15. The highest BCUT2D eigenvalue weighted by Crippen LogP contribution is 2.27. The van der Waals surface area contributed by atoms with Crippen LogP contribution in [0, 0.1) is 0 Å². The molecule has 2 aromatic carbocycles. The summed E-state index contributed by atoms with van der Waals surface area (Å²) in [7, 11) is 0. The zero-order chi connectivity index (χ0) is 15.8. The molecule has 0 radical (unpaired) electrons. The van der Waals surface area contributed by atoms with Crippen molar-refractivity contribution in [2.24, 2.45) is 0 Å². The van der Waals surface area contributed by atoms with Gasteiger partial charge in [-0.25, -0.2) is 0 Å². The molecular weight excluding hydrogens is 321 g/mol. The highest BCUT2D eigenvalue weighted by Gasteiger charge is 2.05. The van der Waals surface area contributed by atoms with Crippen LogP contribution in [0.15, 0.2) is 42.5 Å². The van der Waals surface area contributed by atoms with E-state index >= 15 is 0 Å². The first kappa shape index (κ1) is 16.9. The van der Waals surface area contributed by atoms with E-state index in [9.17, 15) is 0 Å². The van der Waals surface area contributed by atoms with Crippen LogP contribution < -0.4 is 10.1 Å². The Morgan fingerprint density at radius 3 is 2.68 bits per heavy atom. The standard InChI is InChI=1S/C17H19Cl2NO2/c1-2-21-9-10-22-17-6-4-3-5-13(17)12-20-16-11-14(18)7-8-15(16)19/h3-8,11,20H,2,9-10,12H2,1H3. The number of rotatable bonds is 8. The van der Waals surface area contributed by atoms with Gasteiger partial charge in [-0.2, -0.15) is 0 Å².